The van der Waals surface area contributed by atoms with Gasteiger partial charge >= 0.3 is 5.97 Å². The molecule has 1 rings (SSSR count). The average Bonchev–Trinajstić information content (AvgIpc) is 2.35. The van der Waals surface area contributed by atoms with Crippen molar-refractivity contribution in [3.63, 3.8) is 0 Å². The molecule has 2 N–H and O–H groups in total. The Labute approximate surface area is 94.1 Å². The number of methoxy groups -OCH3 is 2. The maximum atomic E-state index is 10.9. The zero-order valence-electron chi connectivity index (χ0n) is 9.36. The van der Waals surface area contributed by atoms with Crippen molar-refractivity contribution in [2.75, 3.05) is 20.8 Å². The molecule has 0 radical (unpaired) electrons. The predicted molar refractivity (Wildman–Crippen MR) is 58.4 cm³/mol. The lowest BCUT2D eigenvalue weighted by atomic mass is 10.2. The normalized spacial score (nSPS) is 9.69. The lowest BCUT2D eigenvalue weighted by molar-refractivity contribution is -0.142. The second-order valence-electron chi connectivity index (χ2n) is 3.04. The van der Waals surface area contributed by atoms with E-state index in [2.05, 4.69) is 4.74 Å². The first-order chi connectivity index (χ1) is 7.71. The van der Waals surface area contributed by atoms with Crippen molar-refractivity contribution in [3.8, 4) is 11.5 Å². The topological polar surface area (TPSA) is 70.8 Å². The molecule has 0 amide bonds. The van der Waals surface area contributed by atoms with Gasteiger partial charge < -0.3 is 19.9 Å². The third kappa shape index (κ3) is 3.13. The van der Waals surface area contributed by atoms with Gasteiger partial charge in [-0.3, -0.25) is 0 Å². The number of esters is 1. The molecule has 0 fully saturated rings. The molecule has 0 atom stereocenters. The van der Waals surface area contributed by atoms with Crippen LogP contribution in [0.4, 0.5) is 0 Å². The summed E-state index contributed by atoms with van der Waals surface area (Å²) in [5.74, 6) is 0.832. The molecule has 0 aliphatic heterocycles. The highest BCUT2D eigenvalue weighted by atomic mass is 16.6. The van der Waals surface area contributed by atoms with E-state index in [9.17, 15) is 4.79 Å². The Morgan fingerprint density at radius 1 is 1.38 bits per heavy atom. The predicted octanol–water partition coefficient (Wildman–Crippen LogP) is 0.706. The zero-order valence-corrected chi connectivity index (χ0v) is 9.36. The van der Waals surface area contributed by atoms with Gasteiger partial charge in [0.25, 0.3) is 0 Å². The van der Waals surface area contributed by atoms with E-state index in [1.165, 1.54) is 7.11 Å². The van der Waals surface area contributed by atoms with E-state index >= 15 is 0 Å². The Kier molecular flexibility index (Phi) is 4.60. The summed E-state index contributed by atoms with van der Waals surface area (Å²) < 4.78 is 14.8. The van der Waals surface area contributed by atoms with Gasteiger partial charge in [-0.2, -0.15) is 0 Å². The van der Waals surface area contributed by atoms with E-state index in [0.717, 1.165) is 5.56 Å². The molecule has 0 aliphatic carbocycles. The number of nitrogens with two attached hydrogens (primary N) is 1. The number of hydrogen-bond donors (Lipinski definition) is 1. The molecule has 0 aliphatic rings. The summed E-state index contributed by atoms with van der Waals surface area (Å²) in [5, 5.41) is 0. The summed E-state index contributed by atoms with van der Waals surface area (Å²) in [5.41, 5.74) is 6.34. The fourth-order valence-electron chi connectivity index (χ4n) is 1.18. The van der Waals surface area contributed by atoms with Crippen LogP contribution in [0.3, 0.4) is 0 Å². The molecule has 0 unspecified atom stereocenters. The quantitative estimate of drug-likeness (QED) is 0.747. The molecule has 16 heavy (non-hydrogen) atoms. The van der Waals surface area contributed by atoms with E-state index in [4.69, 9.17) is 15.2 Å². The second kappa shape index (κ2) is 5.97. The molecule has 88 valence electrons. The summed E-state index contributed by atoms with van der Waals surface area (Å²) >= 11 is 0. The minimum Gasteiger partial charge on any atom is -0.497 e. The van der Waals surface area contributed by atoms with Gasteiger partial charge in [-0.1, -0.05) is 0 Å². The van der Waals surface area contributed by atoms with Crippen molar-refractivity contribution >= 4 is 5.97 Å². The van der Waals surface area contributed by atoms with E-state index in [1.807, 2.05) is 0 Å². The Morgan fingerprint density at radius 3 is 2.69 bits per heavy atom. The van der Waals surface area contributed by atoms with Crippen LogP contribution in [0.15, 0.2) is 18.2 Å². The number of benzene rings is 1. The average molecular weight is 225 g/mol. The summed E-state index contributed by atoms with van der Waals surface area (Å²) in [4.78, 5) is 10.9. The van der Waals surface area contributed by atoms with Crippen molar-refractivity contribution in [1.29, 1.82) is 0 Å². The van der Waals surface area contributed by atoms with Crippen molar-refractivity contribution < 1.29 is 19.0 Å². The smallest absolute Gasteiger partial charge is 0.343 e. The van der Waals surface area contributed by atoms with Gasteiger partial charge in [0.15, 0.2) is 6.61 Å². The van der Waals surface area contributed by atoms with Crippen LogP contribution in [0.1, 0.15) is 5.56 Å². The molecule has 0 spiro atoms. The number of carbonyl (C=O) groups is 1. The van der Waals surface area contributed by atoms with E-state index in [1.54, 1.807) is 25.3 Å². The van der Waals surface area contributed by atoms with Crippen LogP contribution >= 0.6 is 0 Å². The summed E-state index contributed by atoms with van der Waals surface area (Å²) in [6, 6.07) is 5.22. The first kappa shape index (κ1) is 12.3. The maximum absolute atomic E-state index is 10.9. The first-order valence-electron chi connectivity index (χ1n) is 4.78. The molecule has 0 aromatic heterocycles. The van der Waals surface area contributed by atoms with Crippen LogP contribution in [0.25, 0.3) is 0 Å². The monoisotopic (exact) mass is 225 g/mol. The number of hydrogen-bond acceptors (Lipinski definition) is 5. The summed E-state index contributed by atoms with van der Waals surface area (Å²) in [6.07, 6.45) is 0. The van der Waals surface area contributed by atoms with Crippen LogP contribution in [0, 0.1) is 0 Å². The minimum absolute atomic E-state index is 0.129. The molecule has 5 heteroatoms. The fourth-order valence-corrected chi connectivity index (χ4v) is 1.18. The van der Waals surface area contributed by atoms with Gasteiger partial charge in [-0.15, -0.1) is 0 Å². The van der Waals surface area contributed by atoms with Gasteiger partial charge in [-0.25, -0.2) is 4.79 Å². The molecule has 0 saturated carbocycles. The number of carbonyl (C=O) groups excluding carboxylic acids is 1. The number of ether oxygens (including phenoxy) is 3. The maximum Gasteiger partial charge on any atom is 0.343 e. The van der Waals surface area contributed by atoms with E-state index in [-0.39, 0.29) is 6.61 Å². The highest BCUT2D eigenvalue weighted by molar-refractivity contribution is 5.70. The molecular formula is C11H15NO4. The number of rotatable bonds is 5. The molecule has 0 heterocycles. The molecular weight excluding hydrogens is 210 g/mol. The van der Waals surface area contributed by atoms with Crippen molar-refractivity contribution in [1.82, 2.24) is 0 Å². The van der Waals surface area contributed by atoms with Crippen LogP contribution < -0.4 is 15.2 Å². The third-order valence-corrected chi connectivity index (χ3v) is 2.06. The highest BCUT2D eigenvalue weighted by Gasteiger charge is 2.07. The van der Waals surface area contributed by atoms with Gasteiger partial charge in [0, 0.05) is 12.1 Å². The van der Waals surface area contributed by atoms with Crippen LogP contribution in [-0.4, -0.2) is 26.8 Å². The van der Waals surface area contributed by atoms with Gasteiger partial charge in [0.05, 0.1) is 14.2 Å². The first-order valence-corrected chi connectivity index (χ1v) is 4.78. The molecule has 0 bridgehead atoms. The molecule has 1 aromatic rings. The lowest BCUT2D eigenvalue weighted by Gasteiger charge is -2.10. The van der Waals surface area contributed by atoms with Crippen LogP contribution in [0.2, 0.25) is 0 Å². The SMILES string of the molecule is COC(=O)COc1ccc(OC)cc1CN. The Bertz CT molecular complexity index is 365. The summed E-state index contributed by atoms with van der Waals surface area (Å²) in [6.45, 7) is 0.184. The van der Waals surface area contributed by atoms with Gasteiger partial charge in [0.1, 0.15) is 11.5 Å². The van der Waals surface area contributed by atoms with Crippen molar-refractivity contribution in [2.45, 2.75) is 6.54 Å². The fraction of sp³-hybridized carbons (Fsp3) is 0.364. The Morgan fingerprint density at radius 2 is 2.12 bits per heavy atom. The third-order valence-electron chi connectivity index (χ3n) is 2.06. The van der Waals surface area contributed by atoms with Crippen LogP contribution in [-0.2, 0) is 16.1 Å². The van der Waals surface area contributed by atoms with Crippen molar-refractivity contribution in [3.05, 3.63) is 23.8 Å². The Balaban J connectivity index is 2.75. The summed E-state index contributed by atoms with van der Waals surface area (Å²) in [7, 11) is 2.88. The van der Waals surface area contributed by atoms with Gasteiger partial charge in [0.2, 0.25) is 0 Å². The largest absolute Gasteiger partial charge is 0.497 e. The minimum atomic E-state index is -0.432. The van der Waals surface area contributed by atoms with Crippen molar-refractivity contribution in [2.24, 2.45) is 5.73 Å². The van der Waals surface area contributed by atoms with Crippen LogP contribution in [0.5, 0.6) is 11.5 Å². The molecule has 5 nitrogen and oxygen atoms in total. The Hall–Kier alpha value is -1.75. The van der Waals surface area contributed by atoms with E-state index in [0.29, 0.717) is 18.0 Å². The van der Waals surface area contributed by atoms with Gasteiger partial charge in [-0.05, 0) is 18.2 Å². The lowest BCUT2D eigenvalue weighted by Crippen LogP contribution is -2.14. The standard InChI is InChI=1S/C11H15NO4/c1-14-9-3-4-10(8(5-9)6-12)16-7-11(13)15-2/h3-5H,6-7,12H2,1-2H3. The van der Waals surface area contributed by atoms with E-state index < -0.39 is 5.97 Å². The second-order valence-corrected chi connectivity index (χ2v) is 3.04. The highest BCUT2D eigenvalue weighted by Crippen LogP contribution is 2.23. The molecule has 1 aromatic carbocycles. The zero-order chi connectivity index (χ0) is 12.0. The molecule has 0 saturated heterocycles.